The molecule has 0 aromatic carbocycles. The van der Waals surface area contributed by atoms with Gasteiger partial charge in [0, 0.05) is 5.41 Å². The third-order valence-corrected chi connectivity index (χ3v) is 5.25. The maximum Gasteiger partial charge on any atom is 0.310 e. The Morgan fingerprint density at radius 2 is 2.05 bits per heavy atom. The lowest BCUT2D eigenvalue weighted by Crippen LogP contribution is -2.22. The second kappa shape index (κ2) is 4.79. The first-order valence-electron chi connectivity index (χ1n) is 5.78. The van der Waals surface area contributed by atoms with Crippen molar-refractivity contribution in [3.8, 4) is 0 Å². The summed E-state index contributed by atoms with van der Waals surface area (Å²) < 4.78 is 27.8. The summed E-state index contributed by atoms with van der Waals surface area (Å²) in [6, 6.07) is 0. The average molecular weight is 325 g/mol. The van der Waals surface area contributed by atoms with E-state index in [0.29, 0.717) is 0 Å². The Hall–Kier alpha value is -0.520. The lowest BCUT2D eigenvalue weighted by molar-refractivity contribution is -0.148. The van der Waals surface area contributed by atoms with E-state index in [2.05, 4.69) is 0 Å². The molecule has 3 atom stereocenters. The number of halogens is 2. The van der Waals surface area contributed by atoms with Crippen molar-refractivity contribution in [1.29, 1.82) is 0 Å². The van der Waals surface area contributed by atoms with Gasteiger partial charge in [0.25, 0.3) is 0 Å². The lowest BCUT2D eigenvalue weighted by Gasteiger charge is -2.09. The van der Waals surface area contributed by atoms with Gasteiger partial charge < -0.3 is 4.74 Å². The molecule has 2 rings (SSSR count). The second-order valence-electron chi connectivity index (χ2n) is 5.41. The summed E-state index contributed by atoms with van der Waals surface area (Å²) in [7, 11) is -3.22. The van der Waals surface area contributed by atoms with Crippen LogP contribution in [0.3, 0.4) is 0 Å². The van der Waals surface area contributed by atoms with Gasteiger partial charge in [-0.25, -0.2) is 8.42 Å². The van der Waals surface area contributed by atoms with E-state index in [1.165, 1.54) is 6.08 Å². The predicted molar refractivity (Wildman–Crippen MR) is 73.4 cm³/mol. The third-order valence-electron chi connectivity index (χ3n) is 3.63. The zero-order valence-electron chi connectivity index (χ0n) is 10.5. The summed E-state index contributed by atoms with van der Waals surface area (Å²) in [6.07, 6.45) is 2.32. The minimum Gasteiger partial charge on any atom is -0.457 e. The van der Waals surface area contributed by atoms with E-state index in [0.717, 1.165) is 5.41 Å². The molecule has 1 aliphatic heterocycles. The molecule has 1 aliphatic carbocycles. The Morgan fingerprint density at radius 1 is 1.42 bits per heavy atom. The van der Waals surface area contributed by atoms with Gasteiger partial charge in [-0.15, -0.1) is 0 Å². The van der Waals surface area contributed by atoms with Gasteiger partial charge in [0.15, 0.2) is 9.84 Å². The first-order chi connectivity index (χ1) is 8.63. The molecular formula is C12H14Cl2O4S. The summed E-state index contributed by atoms with van der Waals surface area (Å²) in [5.41, 5.74) is -0.271. The molecule has 0 spiro atoms. The summed E-state index contributed by atoms with van der Waals surface area (Å²) >= 11 is 11.2. The number of allylic oxidation sites excluding steroid dienone is 1. The number of hydrogen-bond donors (Lipinski definition) is 0. The molecule has 0 aromatic heterocycles. The number of carbonyl (C=O) groups excluding carboxylic acids is 1. The highest BCUT2D eigenvalue weighted by molar-refractivity contribution is 7.94. The van der Waals surface area contributed by atoms with Crippen molar-refractivity contribution in [1.82, 2.24) is 0 Å². The molecule has 0 N–H and O–H groups in total. The zero-order valence-corrected chi connectivity index (χ0v) is 12.8. The van der Waals surface area contributed by atoms with Crippen LogP contribution in [-0.4, -0.2) is 26.2 Å². The maximum atomic E-state index is 12.0. The fourth-order valence-electron chi connectivity index (χ4n) is 2.42. The first kappa shape index (κ1) is 14.9. The van der Waals surface area contributed by atoms with E-state index in [4.69, 9.17) is 27.9 Å². The van der Waals surface area contributed by atoms with Crippen molar-refractivity contribution in [2.45, 2.75) is 20.0 Å². The molecule has 0 bridgehead atoms. The quantitative estimate of drug-likeness (QED) is 0.748. The van der Waals surface area contributed by atoms with Gasteiger partial charge in [-0.3, -0.25) is 4.79 Å². The number of rotatable bonds is 3. The lowest BCUT2D eigenvalue weighted by atomic mass is 10.1. The molecule has 0 amide bonds. The normalized spacial score (nSPS) is 33.8. The van der Waals surface area contributed by atoms with E-state index in [1.54, 1.807) is 6.08 Å². The van der Waals surface area contributed by atoms with Crippen LogP contribution in [-0.2, 0) is 19.4 Å². The largest absolute Gasteiger partial charge is 0.457 e. The number of sulfone groups is 1. The van der Waals surface area contributed by atoms with Gasteiger partial charge in [-0.05, 0) is 23.5 Å². The van der Waals surface area contributed by atoms with Gasteiger partial charge in [-0.2, -0.15) is 0 Å². The van der Waals surface area contributed by atoms with Gasteiger partial charge >= 0.3 is 5.97 Å². The molecule has 0 aromatic rings. The average Bonchev–Trinajstić information content (AvgIpc) is 2.59. The molecule has 2 aliphatic rings. The summed E-state index contributed by atoms with van der Waals surface area (Å²) in [5.74, 6) is -1.00. The number of carbonyl (C=O) groups is 1. The van der Waals surface area contributed by atoms with Crippen molar-refractivity contribution >= 4 is 39.0 Å². The molecule has 4 nitrogen and oxygen atoms in total. The van der Waals surface area contributed by atoms with Crippen LogP contribution in [0.1, 0.15) is 13.8 Å². The number of esters is 1. The van der Waals surface area contributed by atoms with Crippen molar-refractivity contribution in [3.63, 3.8) is 0 Å². The van der Waals surface area contributed by atoms with Crippen molar-refractivity contribution in [3.05, 3.63) is 22.1 Å². The molecule has 106 valence electrons. The molecule has 7 heteroatoms. The Bertz CT molecular complexity index is 558. The number of hydrogen-bond acceptors (Lipinski definition) is 4. The highest BCUT2D eigenvalue weighted by Gasteiger charge is 2.62. The van der Waals surface area contributed by atoms with Gasteiger partial charge in [-0.1, -0.05) is 37.0 Å². The van der Waals surface area contributed by atoms with Gasteiger partial charge in [0.1, 0.15) is 10.6 Å². The van der Waals surface area contributed by atoms with Crippen LogP contribution in [0.4, 0.5) is 0 Å². The van der Waals surface area contributed by atoms with Crippen LogP contribution in [0.25, 0.3) is 0 Å². The molecular weight excluding hydrogens is 311 g/mol. The first-order valence-corrected chi connectivity index (χ1v) is 8.25. The summed E-state index contributed by atoms with van der Waals surface area (Å²) in [6.45, 7) is 3.83. The van der Waals surface area contributed by atoms with Crippen molar-refractivity contribution in [2.24, 2.45) is 17.3 Å². The second-order valence-corrected chi connectivity index (χ2v) is 8.35. The van der Waals surface area contributed by atoms with Crippen molar-refractivity contribution < 1.29 is 17.9 Å². The minimum atomic E-state index is -3.22. The van der Waals surface area contributed by atoms with E-state index in [9.17, 15) is 13.2 Å². The maximum absolute atomic E-state index is 12.0. The fraction of sp³-hybridized carbons (Fsp3) is 0.583. The van der Waals surface area contributed by atoms with Crippen LogP contribution in [0.15, 0.2) is 22.1 Å². The highest BCUT2D eigenvalue weighted by atomic mass is 35.5. The molecule has 1 heterocycles. The SMILES string of the molecule is CC1(C)C(C=C(Cl)Cl)C1C(=O)OC1C=CS(=O)(=O)C1. The summed E-state index contributed by atoms with van der Waals surface area (Å²) in [4.78, 5) is 12.0. The van der Waals surface area contributed by atoms with Crippen LogP contribution >= 0.6 is 23.2 Å². The molecule has 1 saturated carbocycles. The van der Waals surface area contributed by atoms with Crippen molar-refractivity contribution in [2.75, 3.05) is 5.75 Å². The Labute approximate surface area is 122 Å². The molecule has 19 heavy (non-hydrogen) atoms. The topological polar surface area (TPSA) is 60.4 Å². The Kier molecular flexibility index (Phi) is 3.75. The van der Waals surface area contributed by atoms with E-state index >= 15 is 0 Å². The molecule has 0 saturated heterocycles. The van der Waals surface area contributed by atoms with Gasteiger partial charge in [0.2, 0.25) is 0 Å². The van der Waals surface area contributed by atoms with Crippen LogP contribution in [0.5, 0.6) is 0 Å². The summed E-state index contributed by atoms with van der Waals surface area (Å²) in [5, 5.41) is 1.08. The zero-order chi connectivity index (χ0) is 14.4. The number of ether oxygens (including phenoxy) is 1. The van der Waals surface area contributed by atoms with Crippen LogP contribution < -0.4 is 0 Å². The van der Waals surface area contributed by atoms with E-state index in [1.807, 2.05) is 13.8 Å². The third kappa shape index (κ3) is 3.15. The predicted octanol–water partition coefficient (Wildman–Crippen LogP) is 2.43. The molecule has 0 radical (unpaired) electrons. The van der Waals surface area contributed by atoms with E-state index in [-0.39, 0.29) is 27.5 Å². The monoisotopic (exact) mass is 324 g/mol. The van der Waals surface area contributed by atoms with Gasteiger partial charge in [0.05, 0.1) is 11.7 Å². The van der Waals surface area contributed by atoms with Crippen LogP contribution in [0, 0.1) is 17.3 Å². The van der Waals surface area contributed by atoms with Crippen LogP contribution in [0.2, 0.25) is 0 Å². The fourth-order valence-corrected chi connectivity index (χ4v) is 3.85. The Morgan fingerprint density at radius 3 is 2.53 bits per heavy atom. The minimum absolute atomic E-state index is 0.0769. The smallest absolute Gasteiger partial charge is 0.310 e. The Balaban J connectivity index is 1.99. The van der Waals surface area contributed by atoms with E-state index < -0.39 is 21.9 Å². The molecule has 1 fully saturated rings. The standard InChI is InChI=1S/C12H14Cl2O4S/c1-12(2)8(5-9(13)14)10(12)11(15)18-7-3-4-19(16,17)6-7/h3-5,7-8,10H,6H2,1-2H3. The highest BCUT2D eigenvalue weighted by Crippen LogP contribution is 2.60. The molecule has 3 unspecified atom stereocenters.